The van der Waals surface area contributed by atoms with Gasteiger partial charge in [-0.3, -0.25) is 4.79 Å². The van der Waals surface area contributed by atoms with E-state index in [4.69, 9.17) is 0 Å². The minimum absolute atomic E-state index is 0.0300. The summed E-state index contributed by atoms with van der Waals surface area (Å²) in [4.78, 5) is 11.0. The van der Waals surface area contributed by atoms with Crippen molar-refractivity contribution in [1.82, 2.24) is 0 Å². The van der Waals surface area contributed by atoms with Crippen molar-refractivity contribution >= 4 is 5.78 Å². The fraction of sp³-hybridized carbons (Fsp3) is 0.300. The summed E-state index contributed by atoms with van der Waals surface area (Å²) in [6.45, 7) is 9.20. The monoisotopic (exact) mass is 150 g/mol. The van der Waals surface area contributed by atoms with Crippen LogP contribution in [0.3, 0.4) is 0 Å². The van der Waals surface area contributed by atoms with Gasteiger partial charge in [-0.15, -0.1) is 0 Å². The molecule has 0 rings (SSSR count). The van der Waals surface area contributed by atoms with Crippen molar-refractivity contribution in [1.29, 1.82) is 0 Å². The van der Waals surface area contributed by atoms with Crippen LogP contribution in [0, 0.1) is 0 Å². The van der Waals surface area contributed by atoms with E-state index in [9.17, 15) is 4.79 Å². The maximum atomic E-state index is 11.0. The molecule has 1 nitrogen and oxygen atoms in total. The van der Waals surface area contributed by atoms with Crippen LogP contribution >= 0.6 is 0 Å². The third-order valence-electron chi connectivity index (χ3n) is 1.12. The lowest BCUT2D eigenvalue weighted by molar-refractivity contribution is -0.110. The molecular weight excluding hydrogens is 136 g/mol. The highest BCUT2D eigenvalue weighted by Gasteiger charge is 1.90. The van der Waals surface area contributed by atoms with Gasteiger partial charge in [-0.1, -0.05) is 18.2 Å². The van der Waals surface area contributed by atoms with Crippen LogP contribution in [0.1, 0.15) is 20.8 Å². The summed E-state index contributed by atoms with van der Waals surface area (Å²) in [7, 11) is 0. The quantitative estimate of drug-likeness (QED) is 0.446. The van der Waals surface area contributed by atoms with Gasteiger partial charge in [-0.05, 0) is 38.5 Å². The number of ketones is 1. The van der Waals surface area contributed by atoms with E-state index in [1.807, 2.05) is 20.8 Å². The lowest BCUT2D eigenvalue weighted by atomic mass is 10.2. The maximum absolute atomic E-state index is 11.0. The highest BCUT2D eigenvalue weighted by atomic mass is 16.1. The van der Waals surface area contributed by atoms with E-state index >= 15 is 0 Å². The number of carbonyl (C=O) groups is 1. The van der Waals surface area contributed by atoms with E-state index in [1.165, 1.54) is 0 Å². The predicted octanol–water partition coefficient (Wildman–Crippen LogP) is 2.65. The lowest BCUT2D eigenvalue weighted by Crippen LogP contribution is -1.87. The molecule has 1 heteroatoms. The zero-order chi connectivity index (χ0) is 8.85. The first-order valence-electron chi connectivity index (χ1n) is 3.56. The Morgan fingerprint density at radius 1 is 1.18 bits per heavy atom. The molecule has 0 aromatic carbocycles. The molecule has 0 bridgehead atoms. The normalized spacial score (nSPS) is 10.6. The average molecular weight is 150 g/mol. The Morgan fingerprint density at radius 3 is 2.09 bits per heavy atom. The minimum Gasteiger partial charge on any atom is -0.290 e. The van der Waals surface area contributed by atoms with Crippen molar-refractivity contribution in [3.63, 3.8) is 0 Å². The summed E-state index contributed by atoms with van der Waals surface area (Å²) in [5, 5.41) is 0. The molecule has 0 amide bonds. The summed E-state index contributed by atoms with van der Waals surface area (Å²) in [5.41, 5.74) is 1.91. The van der Waals surface area contributed by atoms with Crippen LogP contribution in [0.4, 0.5) is 0 Å². The van der Waals surface area contributed by atoms with Crippen molar-refractivity contribution in [2.45, 2.75) is 20.8 Å². The van der Waals surface area contributed by atoms with Gasteiger partial charge in [0.2, 0.25) is 0 Å². The molecule has 0 heterocycles. The summed E-state index contributed by atoms with van der Waals surface area (Å²) in [5.74, 6) is 0.0300. The Morgan fingerprint density at radius 2 is 1.73 bits per heavy atom. The van der Waals surface area contributed by atoms with E-state index < -0.39 is 0 Å². The van der Waals surface area contributed by atoms with E-state index in [2.05, 4.69) is 6.58 Å². The van der Waals surface area contributed by atoms with Crippen molar-refractivity contribution in [3.8, 4) is 0 Å². The predicted molar refractivity (Wildman–Crippen MR) is 48.4 cm³/mol. The van der Waals surface area contributed by atoms with Crippen LogP contribution in [0.5, 0.6) is 0 Å². The maximum Gasteiger partial charge on any atom is 0.178 e. The SMILES string of the molecule is C=CC(C)=CC(=O)C=C(C)C. The van der Waals surface area contributed by atoms with E-state index in [0.717, 1.165) is 11.1 Å². The third-order valence-corrected chi connectivity index (χ3v) is 1.12. The van der Waals surface area contributed by atoms with Crippen molar-refractivity contribution in [2.75, 3.05) is 0 Å². The van der Waals surface area contributed by atoms with Crippen LogP contribution in [-0.2, 0) is 4.79 Å². The number of hydrogen-bond acceptors (Lipinski definition) is 1. The highest BCUT2D eigenvalue weighted by molar-refractivity contribution is 6.00. The Hall–Kier alpha value is -1.11. The second-order valence-corrected chi connectivity index (χ2v) is 2.72. The lowest BCUT2D eigenvalue weighted by Gasteiger charge is -1.88. The number of hydrogen-bond donors (Lipinski definition) is 0. The minimum atomic E-state index is 0.0300. The van der Waals surface area contributed by atoms with Gasteiger partial charge in [0.1, 0.15) is 0 Å². The van der Waals surface area contributed by atoms with Crippen LogP contribution in [0.25, 0.3) is 0 Å². The van der Waals surface area contributed by atoms with Gasteiger partial charge < -0.3 is 0 Å². The zero-order valence-electron chi connectivity index (χ0n) is 7.35. The van der Waals surface area contributed by atoms with E-state index in [0.29, 0.717) is 0 Å². The van der Waals surface area contributed by atoms with Gasteiger partial charge in [0.05, 0.1) is 0 Å². The molecule has 0 aromatic heterocycles. The van der Waals surface area contributed by atoms with Crippen LogP contribution in [-0.4, -0.2) is 5.78 Å². The average Bonchev–Trinajstić information content (AvgIpc) is 1.85. The Labute approximate surface area is 68.1 Å². The summed E-state index contributed by atoms with van der Waals surface area (Å²) in [6.07, 6.45) is 4.84. The molecule has 0 aliphatic carbocycles. The van der Waals surface area contributed by atoms with Crippen molar-refractivity contribution in [3.05, 3.63) is 36.0 Å². The first-order chi connectivity index (χ1) is 5.06. The second-order valence-electron chi connectivity index (χ2n) is 2.72. The largest absolute Gasteiger partial charge is 0.290 e. The van der Waals surface area contributed by atoms with Crippen LogP contribution in [0.2, 0.25) is 0 Å². The second kappa shape index (κ2) is 4.67. The smallest absolute Gasteiger partial charge is 0.178 e. The Balaban J connectivity index is 4.30. The summed E-state index contributed by atoms with van der Waals surface area (Å²) < 4.78 is 0. The molecule has 0 atom stereocenters. The molecule has 0 saturated heterocycles. The Kier molecular flexibility index (Phi) is 4.20. The summed E-state index contributed by atoms with van der Waals surface area (Å²) in [6, 6.07) is 0. The first-order valence-corrected chi connectivity index (χ1v) is 3.56. The van der Waals surface area contributed by atoms with Gasteiger partial charge >= 0.3 is 0 Å². The van der Waals surface area contributed by atoms with Crippen LogP contribution in [0.15, 0.2) is 36.0 Å². The molecule has 11 heavy (non-hydrogen) atoms. The molecule has 0 N–H and O–H groups in total. The molecular formula is C10H14O. The topological polar surface area (TPSA) is 17.1 Å². The zero-order valence-corrected chi connectivity index (χ0v) is 7.35. The third kappa shape index (κ3) is 5.34. The molecule has 0 fully saturated rings. The van der Waals surface area contributed by atoms with Gasteiger partial charge in [0, 0.05) is 0 Å². The fourth-order valence-electron chi connectivity index (χ4n) is 0.610. The fourth-order valence-corrected chi connectivity index (χ4v) is 0.610. The summed E-state index contributed by atoms with van der Waals surface area (Å²) >= 11 is 0. The van der Waals surface area contributed by atoms with Gasteiger partial charge in [-0.2, -0.15) is 0 Å². The van der Waals surface area contributed by atoms with Crippen molar-refractivity contribution in [2.24, 2.45) is 0 Å². The Bertz CT molecular complexity index is 215. The standard InChI is InChI=1S/C10H14O/c1-5-9(4)7-10(11)6-8(2)3/h5-7H,1H2,2-4H3. The molecule has 0 aliphatic rings. The van der Waals surface area contributed by atoms with Crippen LogP contribution < -0.4 is 0 Å². The van der Waals surface area contributed by atoms with E-state index in [-0.39, 0.29) is 5.78 Å². The van der Waals surface area contributed by atoms with Gasteiger partial charge in [0.15, 0.2) is 5.78 Å². The molecule has 0 spiro atoms. The number of carbonyl (C=O) groups excluding carboxylic acids is 1. The number of rotatable bonds is 3. The molecule has 0 unspecified atom stereocenters. The highest BCUT2D eigenvalue weighted by Crippen LogP contribution is 1.96. The molecule has 60 valence electrons. The van der Waals surface area contributed by atoms with Gasteiger partial charge in [0.25, 0.3) is 0 Å². The van der Waals surface area contributed by atoms with E-state index in [1.54, 1.807) is 18.2 Å². The number of allylic oxidation sites excluding steroid dienone is 5. The molecule has 0 saturated carbocycles. The molecule has 0 radical (unpaired) electrons. The molecule has 0 aromatic rings. The van der Waals surface area contributed by atoms with Gasteiger partial charge in [-0.25, -0.2) is 0 Å². The first kappa shape index (κ1) is 9.89. The van der Waals surface area contributed by atoms with Crippen molar-refractivity contribution < 1.29 is 4.79 Å². The molecule has 0 aliphatic heterocycles.